The fourth-order valence-electron chi connectivity index (χ4n) is 2.03. The van der Waals surface area contributed by atoms with Crippen molar-refractivity contribution in [2.24, 2.45) is 0 Å². The van der Waals surface area contributed by atoms with Gasteiger partial charge in [0.2, 0.25) is 0 Å². The third-order valence-corrected chi connectivity index (χ3v) is 2.82. The Morgan fingerprint density at radius 1 is 1.42 bits per heavy atom. The number of esters is 2. The van der Waals surface area contributed by atoms with Gasteiger partial charge >= 0.3 is 11.9 Å². The molecule has 1 amide bonds. The molecule has 0 bridgehead atoms. The van der Waals surface area contributed by atoms with Crippen LogP contribution in [0.15, 0.2) is 6.07 Å². The van der Waals surface area contributed by atoms with Crippen molar-refractivity contribution in [1.82, 2.24) is 9.88 Å². The predicted octanol–water partition coefficient (Wildman–Crippen LogP) is 0.195. The van der Waals surface area contributed by atoms with Gasteiger partial charge in [-0.3, -0.25) is 4.79 Å². The Labute approximate surface area is 109 Å². The third kappa shape index (κ3) is 2.18. The normalized spacial score (nSPS) is 13.5. The first-order chi connectivity index (χ1) is 9.10. The molecule has 1 aromatic rings. The van der Waals surface area contributed by atoms with Crippen molar-refractivity contribution in [2.45, 2.75) is 13.5 Å². The second-order valence-electron chi connectivity index (χ2n) is 3.91. The minimum absolute atomic E-state index is 0.0720. The SMILES string of the molecule is CCOC(=O)c1cc(C(=O)OC)c2n1CCNC2=O. The molecule has 2 rings (SSSR count). The number of nitrogens with zero attached hydrogens (tertiary/aromatic N) is 1. The van der Waals surface area contributed by atoms with Crippen molar-refractivity contribution < 1.29 is 23.9 Å². The van der Waals surface area contributed by atoms with Crippen molar-refractivity contribution in [3.63, 3.8) is 0 Å². The molecule has 0 atom stereocenters. The van der Waals surface area contributed by atoms with Crippen molar-refractivity contribution in [1.29, 1.82) is 0 Å². The van der Waals surface area contributed by atoms with Gasteiger partial charge in [-0.2, -0.15) is 0 Å². The van der Waals surface area contributed by atoms with Crippen LogP contribution in [0.25, 0.3) is 0 Å². The Morgan fingerprint density at radius 3 is 2.79 bits per heavy atom. The van der Waals surface area contributed by atoms with Crippen LogP contribution in [0.5, 0.6) is 0 Å². The lowest BCUT2D eigenvalue weighted by atomic mass is 10.2. The number of fused-ring (bicyclic) bond motifs is 1. The highest BCUT2D eigenvalue weighted by molar-refractivity contribution is 6.07. The van der Waals surface area contributed by atoms with E-state index in [1.165, 1.54) is 17.7 Å². The lowest BCUT2D eigenvalue weighted by molar-refractivity contribution is 0.0512. The van der Waals surface area contributed by atoms with E-state index in [1.54, 1.807) is 6.92 Å². The molecule has 1 aliphatic rings. The molecule has 1 aromatic heterocycles. The second kappa shape index (κ2) is 5.13. The van der Waals surface area contributed by atoms with Crippen molar-refractivity contribution >= 4 is 17.8 Å². The van der Waals surface area contributed by atoms with Crippen LogP contribution in [0.4, 0.5) is 0 Å². The number of hydrogen-bond acceptors (Lipinski definition) is 5. The Hall–Kier alpha value is -2.31. The lowest BCUT2D eigenvalue weighted by Crippen LogP contribution is -2.37. The minimum atomic E-state index is -0.656. The summed E-state index contributed by atoms with van der Waals surface area (Å²) in [5.41, 5.74) is 0.399. The van der Waals surface area contributed by atoms with Crippen LogP contribution >= 0.6 is 0 Å². The zero-order valence-corrected chi connectivity index (χ0v) is 10.7. The Balaban J connectivity index is 2.55. The quantitative estimate of drug-likeness (QED) is 0.789. The first kappa shape index (κ1) is 13.1. The van der Waals surface area contributed by atoms with Gasteiger partial charge in [-0.25, -0.2) is 9.59 Å². The molecular weight excluding hydrogens is 252 g/mol. The Morgan fingerprint density at radius 2 is 2.16 bits per heavy atom. The zero-order valence-electron chi connectivity index (χ0n) is 10.7. The smallest absolute Gasteiger partial charge is 0.354 e. The number of amides is 1. The predicted molar refractivity (Wildman–Crippen MR) is 64.1 cm³/mol. The summed E-state index contributed by atoms with van der Waals surface area (Å²) in [5, 5.41) is 2.62. The number of carbonyl (C=O) groups excluding carboxylic acids is 3. The summed E-state index contributed by atoms with van der Waals surface area (Å²) in [6.07, 6.45) is 0. The molecule has 0 radical (unpaired) electrons. The topological polar surface area (TPSA) is 86.6 Å². The number of rotatable bonds is 3. The standard InChI is InChI=1S/C12H14N2O5/c1-3-19-12(17)8-6-7(11(16)18-2)9-10(15)13-4-5-14(8)9/h6H,3-5H2,1-2H3,(H,13,15). The molecule has 0 aliphatic carbocycles. The average Bonchev–Trinajstić information content (AvgIpc) is 2.79. The molecule has 0 aromatic carbocycles. The van der Waals surface area contributed by atoms with Crippen molar-refractivity contribution in [2.75, 3.05) is 20.3 Å². The molecule has 1 N–H and O–H groups in total. The fourth-order valence-corrected chi connectivity index (χ4v) is 2.03. The van der Waals surface area contributed by atoms with Gasteiger partial charge in [0, 0.05) is 13.1 Å². The van der Waals surface area contributed by atoms with Crippen LogP contribution in [-0.4, -0.2) is 42.7 Å². The minimum Gasteiger partial charge on any atom is -0.465 e. The number of ether oxygens (including phenoxy) is 2. The highest BCUT2D eigenvalue weighted by Crippen LogP contribution is 2.20. The summed E-state index contributed by atoms with van der Waals surface area (Å²) in [6.45, 7) is 2.71. The van der Waals surface area contributed by atoms with E-state index in [-0.39, 0.29) is 23.6 Å². The van der Waals surface area contributed by atoms with Crippen LogP contribution in [0.3, 0.4) is 0 Å². The van der Waals surface area contributed by atoms with E-state index < -0.39 is 17.8 Å². The number of aromatic nitrogens is 1. The fraction of sp³-hybridized carbons (Fsp3) is 0.417. The number of methoxy groups -OCH3 is 1. The molecule has 0 unspecified atom stereocenters. The monoisotopic (exact) mass is 266 g/mol. The van der Waals surface area contributed by atoms with Crippen LogP contribution in [0.2, 0.25) is 0 Å². The first-order valence-electron chi connectivity index (χ1n) is 5.87. The summed E-state index contributed by atoms with van der Waals surface area (Å²) in [7, 11) is 1.22. The van der Waals surface area contributed by atoms with Crippen LogP contribution in [0, 0.1) is 0 Å². The third-order valence-electron chi connectivity index (χ3n) is 2.82. The van der Waals surface area contributed by atoms with E-state index in [4.69, 9.17) is 4.74 Å². The van der Waals surface area contributed by atoms with Crippen LogP contribution in [0.1, 0.15) is 38.3 Å². The Kier molecular flexibility index (Phi) is 3.55. The van der Waals surface area contributed by atoms with Gasteiger partial charge in [-0.1, -0.05) is 0 Å². The largest absolute Gasteiger partial charge is 0.465 e. The highest BCUT2D eigenvalue weighted by Gasteiger charge is 2.31. The van der Waals surface area contributed by atoms with Gasteiger partial charge < -0.3 is 19.4 Å². The molecule has 7 heteroatoms. The average molecular weight is 266 g/mol. The maximum atomic E-state index is 11.8. The van der Waals surface area contributed by atoms with Crippen molar-refractivity contribution in [3.05, 3.63) is 23.0 Å². The second-order valence-corrected chi connectivity index (χ2v) is 3.91. The summed E-state index contributed by atoms with van der Waals surface area (Å²) in [6, 6.07) is 1.34. The van der Waals surface area contributed by atoms with Crippen molar-refractivity contribution in [3.8, 4) is 0 Å². The van der Waals surface area contributed by atoms with Gasteiger partial charge in [0.15, 0.2) is 0 Å². The molecule has 0 saturated heterocycles. The molecule has 0 fully saturated rings. The maximum Gasteiger partial charge on any atom is 0.354 e. The molecule has 2 heterocycles. The molecule has 19 heavy (non-hydrogen) atoms. The summed E-state index contributed by atoms with van der Waals surface area (Å²) in [4.78, 5) is 35.3. The zero-order chi connectivity index (χ0) is 14.0. The van der Waals surface area contributed by atoms with E-state index >= 15 is 0 Å². The van der Waals surface area contributed by atoms with E-state index in [2.05, 4.69) is 10.1 Å². The molecule has 0 spiro atoms. The number of carbonyl (C=O) groups is 3. The van der Waals surface area contributed by atoms with E-state index in [0.717, 1.165) is 0 Å². The summed E-state index contributed by atoms with van der Waals surface area (Å²) in [5.74, 6) is -1.62. The molecule has 7 nitrogen and oxygen atoms in total. The molecular formula is C12H14N2O5. The van der Waals surface area contributed by atoms with Gasteiger partial charge in [0.25, 0.3) is 5.91 Å². The lowest BCUT2D eigenvalue weighted by Gasteiger charge is -2.18. The summed E-state index contributed by atoms with van der Waals surface area (Å²) >= 11 is 0. The molecule has 102 valence electrons. The van der Waals surface area contributed by atoms with Crippen LogP contribution < -0.4 is 5.32 Å². The van der Waals surface area contributed by atoms with E-state index in [1.807, 2.05) is 0 Å². The molecule has 0 saturated carbocycles. The van der Waals surface area contributed by atoms with Gasteiger partial charge in [-0.15, -0.1) is 0 Å². The number of nitrogens with one attached hydrogen (secondary N) is 1. The van der Waals surface area contributed by atoms with Gasteiger partial charge in [0.05, 0.1) is 19.3 Å². The van der Waals surface area contributed by atoms with Gasteiger partial charge in [0.1, 0.15) is 11.4 Å². The number of hydrogen-bond donors (Lipinski definition) is 1. The molecule has 1 aliphatic heterocycles. The van der Waals surface area contributed by atoms with E-state index in [0.29, 0.717) is 13.1 Å². The Bertz CT molecular complexity index is 547. The van der Waals surface area contributed by atoms with E-state index in [9.17, 15) is 14.4 Å². The summed E-state index contributed by atoms with van der Waals surface area (Å²) < 4.78 is 11.0. The van der Waals surface area contributed by atoms with Crippen LogP contribution in [-0.2, 0) is 16.0 Å². The van der Waals surface area contributed by atoms with Gasteiger partial charge in [-0.05, 0) is 13.0 Å². The first-order valence-corrected chi connectivity index (χ1v) is 5.87. The highest BCUT2D eigenvalue weighted by atomic mass is 16.5. The maximum absolute atomic E-state index is 11.8.